The maximum atomic E-state index is 11.0. The van der Waals surface area contributed by atoms with Crippen LogP contribution in [0.2, 0.25) is 0 Å². The second-order valence-corrected chi connectivity index (χ2v) is 6.76. The van der Waals surface area contributed by atoms with Gasteiger partial charge in [-0.3, -0.25) is 4.68 Å². The molecule has 0 radical (unpaired) electrons. The number of hydrogen-bond acceptors (Lipinski definition) is 3. The number of aromatic nitrogens is 2. The molecule has 4 nitrogen and oxygen atoms in total. The Kier molecular flexibility index (Phi) is 5.44. The van der Waals surface area contributed by atoms with Gasteiger partial charge in [-0.25, -0.2) is 0 Å². The summed E-state index contributed by atoms with van der Waals surface area (Å²) in [5.41, 5.74) is 7.94. The third-order valence-corrected chi connectivity index (χ3v) is 5.35. The van der Waals surface area contributed by atoms with Crippen LogP contribution in [0, 0.1) is 11.3 Å². The van der Waals surface area contributed by atoms with Crippen LogP contribution in [0.25, 0.3) is 0 Å². The SMILES string of the molecule is CCCC1CCC(CN)(C(O)c2cn(C)nc2CC)CC1. The first-order valence-electron chi connectivity index (χ1n) is 8.46. The van der Waals surface area contributed by atoms with Gasteiger partial charge in [0.1, 0.15) is 0 Å². The van der Waals surface area contributed by atoms with Gasteiger partial charge < -0.3 is 10.8 Å². The van der Waals surface area contributed by atoms with E-state index in [1.165, 1.54) is 25.7 Å². The Balaban J connectivity index is 2.17. The van der Waals surface area contributed by atoms with Gasteiger partial charge >= 0.3 is 0 Å². The van der Waals surface area contributed by atoms with Crippen molar-refractivity contribution in [1.29, 1.82) is 0 Å². The molecule has 1 aliphatic carbocycles. The second kappa shape index (κ2) is 6.93. The molecular formula is C17H31N3O. The van der Waals surface area contributed by atoms with Gasteiger partial charge in [-0.05, 0) is 38.0 Å². The predicted molar refractivity (Wildman–Crippen MR) is 85.9 cm³/mol. The molecule has 0 saturated heterocycles. The highest BCUT2D eigenvalue weighted by molar-refractivity contribution is 5.23. The van der Waals surface area contributed by atoms with E-state index in [1.807, 2.05) is 17.9 Å². The minimum Gasteiger partial charge on any atom is -0.388 e. The molecule has 1 atom stereocenters. The molecule has 21 heavy (non-hydrogen) atoms. The first-order chi connectivity index (χ1) is 10.1. The van der Waals surface area contributed by atoms with E-state index in [2.05, 4.69) is 18.9 Å². The lowest BCUT2D eigenvalue weighted by Gasteiger charge is -2.43. The van der Waals surface area contributed by atoms with Crippen LogP contribution in [-0.4, -0.2) is 21.4 Å². The van der Waals surface area contributed by atoms with E-state index in [0.29, 0.717) is 6.54 Å². The van der Waals surface area contributed by atoms with Crippen molar-refractivity contribution in [2.45, 2.75) is 64.9 Å². The van der Waals surface area contributed by atoms with Gasteiger partial charge in [-0.15, -0.1) is 0 Å². The lowest BCUT2D eigenvalue weighted by molar-refractivity contribution is -0.0113. The van der Waals surface area contributed by atoms with Gasteiger partial charge in [0.05, 0.1) is 11.8 Å². The third-order valence-electron chi connectivity index (χ3n) is 5.35. The summed E-state index contributed by atoms with van der Waals surface area (Å²) >= 11 is 0. The van der Waals surface area contributed by atoms with E-state index >= 15 is 0 Å². The molecule has 4 heteroatoms. The van der Waals surface area contributed by atoms with Crippen LogP contribution < -0.4 is 5.73 Å². The van der Waals surface area contributed by atoms with E-state index < -0.39 is 6.10 Å². The van der Waals surface area contributed by atoms with Crippen LogP contribution in [0.1, 0.15) is 69.7 Å². The van der Waals surface area contributed by atoms with E-state index in [-0.39, 0.29) is 5.41 Å². The van der Waals surface area contributed by atoms with E-state index in [9.17, 15) is 5.11 Å². The zero-order valence-corrected chi connectivity index (χ0v) is 13.8. The molecule has 1 saturated carbocycles. The van der Waals surface area contributed by atoms with Gasteiger partial charge in [-0.1, -0.05) is 26.7 Å². The van der Waals surface area contributed by atoms with Gasteiger partial charge in [0.25, 0.3) is 0 Å². The van der Waals surface area contributed by atoms with Crippen LogP contribution >= 0.6 is 0 Å². The van der Waals surface area contributed by atoms with Crippen molar-refractivity contribution in [3.05, 3.63) is 17.5 Å². The Hall–Kier alpha value is -0.870. The van der Waals surface area contributed by atoms with Crippen molar-refractivity contribution in [3.63, 3.8) is 0 Å². The molecule has 1 aromatic rings. The quantitative estimate of drug-likeness (QED) is 0.847. The molecule has 3 N–H and O–H groups in total. The molecule has 0 aliphatic heterocycles. The Morgan fingerprint density at radius 1 is 1.43 bits per heavy atom. The van der Waals surface area contributed by atoms with Crippen LogP contribution in [0.4, 0.5) is 0 Å². The fourth-order valence-corrected chi connectivity index (χ4v) is 3.92. The summed E-state index contributed by atoms with van der Waals surface area (Å²) in [6, 6.07) is 0. The molecule has 2 rings (SSSR count). The average molecular weight is 293 g/mol. The zero-order chi connectivity index (χ0) is 15.5. The van der Waals surface area contributed by atoms with Gasteiger partial charge in [0, 0.05) is 30.8 Å². The van der Waals surface area contributed by atoms with E-state index in [1.54, 1.807) is 0 Å². The Morgan fingerprint density at radius 3 is 2.62 bits per heavy atom. The minimum atomic E-state index is -0.478. The summed E-state index contributed by atoms with van der Waals surface area (Å²) in [6.07, 6.45) is 9.38. The third kappa shape index (κ3) is 3.32. The Labute approximate surface area is 128 Å². The number of rotatable bonds is 6. The van der Waals surface area contributed by atoms with Gasteiger partial charge in [0.2, 0.25) is 0 Å². The molecule has 0 aromatic carbocycles. The first-order valence-corrected chi connectivity index (χ1v) is 8.46. The van der Waals surface area contributed by atoms with Crippen molar-refractivity contribution < 1.29 is 5.11 Å². The smallest absolute Gasteiger partial charge is 0.0891 e. The van der Waals surface area contributed by atoms with Crippen molar-refractivity contribution in [1.82, 2.24) is 9.78 Å². The van der Waals surface area contributed by atoms with Crippen LogP contribution in [0.3, 0.4) is 0 Å². The van der Waals surface area contributed by atoms with Crippen molar-refractivity contribution in [3.8, 4) is 0 Å². The standard InChI is InChI=1S/C17H31N3O/c1-4-6-13-7-9-17(12-18,10-8-13)16(21)14-11-20(3)19-15(14)5-2/h11,13,16,21H,4-10,12,18H2,1-3H3. The molecule has 0 amide bonds. The molecule has 120 valence electrons. The number of aryl methyl sites for hydroxylation is 2. The lowest BCUT2D eigenvalue weighted by atomic mass is 9.65. The maximum Gasteiger partial charge on any atom is 0.0891 e. The minimum absolute atomic E-state index is 0.156. The summed E-state index contributed by atoms with van der Waals surface area (Å²) in [6.45, 7) is 4.90. The summed E-state index contributed by atoms with van der Waals surface area (Å²) in [5, 5.41) is 15.5. The number of nitrogens with two attached hydrogens (primary N) is 1. The molecule has 0 spiro atoms. The second-order valence-electron chi connectivity index (χ2n) is 6.76. The molecule has 1 heterocycles. The van der Waals surface area contributed by atoms with Crippen LogP contribution in [0.5, 0.6) is 0 Å². The predicted octanol–water partition coefficient (Wildman–Crippen LogP) is 2.95. The van der Waals surface area contributed by atoms with Crippen LogP contribution in [-0.2, 0) is 13.5 Å². The Bertz CT molecular complexity index is 447. The molecule has 1 aliphatic rings. The van der Waals surface area contributed by atoms with Gasteiger partial charge in [-0.2, -0.15) is 5.10 Å². The number of aliphatic hydroxyl groups excluding tert-OH is 1. The Morgan fingerprint density at radius 2 is 2.10 bits per heavy atom. The van der Waals surface area contributed by atoms with Crippen molar-refractivity contribution in [2.24, 2.45) is 24.1 Å². The zero-order valence-electron chi connectivity index (χ0n) is 13.8. The van der Waals surface area contributed by atoms with Gasteiger partial charge in [0.15, 0.2) is 0 Å². The lowest BCUT2D eigenvalue weighted by Crippen LogP contribution is -2.40. The van der Waals surface area contributed by atoms with Crippen LogP contribution in [0.15, 0.2) is 6.20 Å². The normalized spacial score (nSPS) is 27.8. The topological polar surface area (TPSA) is 64.1 Å². The fourth-order valence-electron chi connectivity index (χ4n) is 3.92. The number of nitrogens with zero attached hydrogens (tertiary/aromatic N) is 2. The van der Waals surface area contributed by atoms with Crippen molar-refractivity contribution >= 4 is 0 Å². The summed E-state index contributed by atoms with van der Waals surface area (Å²) in [5.74, 6) is 0.821. The largest absolute Gasteiger partial charge is 0.388 e. The highest BCUT2D eigenvalue weighted by Gasteiger charge is 2.41. The van der Waals surface area contributed by atoms with Crippen molar-refractivity contribution in [2.75, 3.05) is 6.54 Å². The monoisotopic (exact) mass is 293 g/mol. The molecule has 1 fully saturated rings. The highest BCUT2D eigenvalue weighted by atomic mass is 16.3. The molecule has 1 aromatic heterocycles. The molecular weight excluding hydrogens is 262 g/mol. The number of aliphatic hydroxyl groups is 1. The summed E-state index contributed by atoms with van der Waals surface area (Å²) < 4.78 is 1.81. The summed E-state index contributed by atoms with van der Waals surface area (Å²) in [4.78, 5) is 0. The fraction of sp³-hybridized carbons (Fsp3) is 0.824. The number of hydrogen-bond donors (Lipinski definition) is 2. The maximum absolute atomic E-state index is 11.0. The first kappa shape index (κ1) is 16.5. The van der Waals surface area contributed by atoms with E-state index in [0.717, 1.165) is 36.4 Å². The molecule has 0 bridgehead atoms. The average Bonchev–Trinajstić information content (AvgIpc) is 2.89. The summed E-state index contributed by atoms with van der Waals surface area (Å²) in [7, 11) is 1.92. The van der Waals surface area contributed by atoms with E-state index in [4.69, 9.17) is 5.73 Å². The highest BCUT2D eigenvalue weighted by Crippen LogP contribution is 2.48. The molecule has 1 unspecified atom stereocenters.